The molecular formula is C16H21NO5S2. The van der Waals surface area contributed by atoms with Crippen LogP contribution in [0.15, 0.2) is 29.2 Å². The Hall–Kier alpha value is -1.54. The largest absolute Gasteiger partial charge is 0.481 e. The maximum absolute atomic E-state index is 12.5. The van der Waals surface area contributed by atoms with Gasteiger partial charge in [0.1, 0.15) is 0 Å². The topological polar surface area (TPSA) is 101 Å². The van der Waals surface area contributed by atoms with E-state index in [1.807, 2.05) is 0 Å². The molecule has 1 aliphatic carbocycles. The summed E-state index contributed by atoms with van der Waals surface area (Å²) in [7, 11) is -3.30. The molecule has 0 aliphatic heterocycles. The zero-order valence-corrected chi connectivity index (χ0v) is 14.9. The average molecular weight is 371 g/mol. The Balaban J connectivity index is 1.89. The first-order valence-electron chi connectivity index (χ1n) is 7.83. The van der Waals surface area contributed by atoms with Crippen molar-refractivity contribution in [2.45, 2.75) is 35.8 Å². The van der Waals surface area contributed by atoms with E-state index in [9.17, 15) is 18.0 Å². The average Bonchev–Trinajstić information content (AvgIpc) is 3.09. The molecule has 24 heavy (non-hydrogen) atoms. The van der Waals surface area contributed by atoms with Crippen LogP contribution in [0.1, 0.15) is 36.0 Å². The number of nitrogens with one attached hydrogen (secondary N) is 1. The van der Waals surface area contributed by atoms with Gasteiger partial charge < -0.3 is 10.4 Å². The highest BCUT2D eigenvalue weighted by Gasteiger charge is 2.30. The van der Waals surface area contributed by atoms with E-state index in [1.54, 1.807) is 0 Å². The van der Waals surface area contributed by atoms with E-state index in [4.69, 9.17) is 5.11 Å². The SMILES string of the molecule is O=C(O)CSCCNC(=O)c1ccc(S(=O)(=O)C2CCCC2)cc1. The van der Waals surface area contributed by atoms with Crippen molar-refractivity contribution in [2.75, 3.05) is 18.1 Å². The highest BCUT2D eigenvalue weighted by molar-refractivity contribution is 7.99. The molecule has 8 heteroatoms. The van der Waals surface area contributed by atoms with Crippen LogP contribution in [0.3, 0.4) is 0 Å². The zero-order valence-electron chi connectivity index (χ0n) is 13.2. The summed E-state index contributed by atoms with van der Waals surface area (Å²) in [6.07, 6.45) is 3.31. The molecule has 1 amide bonds. The number of rotatable bonds is 8. The summed E-state index contributed by atoms with van der Waals surface area (Å²) in [5, 5.41) is 10.9. The quantitative estimate of drug-likeness (QED) is 0.678. The normalized spacial score (nSPS) is 15.3. The van der Waals surface area contributed by atoms with Crippen LogP contribution in [0.5, 0.6) is 0 Å². The number of benzene rings is 1. The molecule has 0 saturated heterocycles. The molecule has 2 N–H and O–H groups in total. The third kappa shape index (κ3) is 4.98. The fourth-order valence-electron chi connectivity index (χ4n) is 2.69. The van der Waals surface area contributed by atoms with E-state index in [2.05, 4.69) is 5.32 Å². The summed E-state index contributed by atoms with van der Waals surface area (Å²) in [6.45, 7) is 0.360. The lowest BCUT2D eigenvalue weighted by molar-refractivity contribution is -0.133. The van der Waals surface area contributed by atoms with Crippen molar-refractivity contribution in [1.29, 1.82) is 0 Å². The minimum atomic E-state index is -3.30. The van der Waals surface area contributed by atoms with Gasteiger partial charge in [0.2, 0.25) is 0 Å². The van der Waals surface area contributed by atoms with Gasteiger partial charge in [-0.25, -0.2) is 8.42 Å². The van der Waals surface area contributed by atoms with Gasteiger partial charge in [-0.3, -0.25) is 9.59 Å². The Labute approximate surface area is 145 Å². The van der Waals surface area contributed by atoms with Crippen molar-refractivity contribution in [1.82, 2.24) is 5.32 Å². The Morgan fingerprint density at radius 3 is 2.38 bits per heavy atom. The van der Waals surface area contributed by atoms with Gasteiger partial charge in [-0.2, -0.15) is 0 Å². The fourth-order valence-corrected chi connectivity index (χ4v) is 5.11. The van der Waals surface area contributed by atoms with Crippen molar-refractivity contribution in [2.24, 2.45) is 0 Å². The molecule has 132 valence electrons. The van der Waals surface area contributed by atoms with Gasteiger partial charge >= 0.3 is 5.97 Å². The maximum Gasteiger partial charge on any atom is 0.313 e. The molecule has 0 bridgehead atoms. The lowest BCUT2D eigenvalue weighted by Crippen LogP contribution is -2.26. The maximum atomic E-state index is 12.5. The van der Waals surface area contributed by atoms with Crippen LogP contribution >= 0.6 is 11.8 Å². The van der Waals surface area contributed by atoms with Gasteiger partial charge in [0.05, 0.1) is 15.9 Å². The second-order valence-corrected chi connectivity index (χ2v) is 9.01. The van der Waals surface area contributed by atoms with Crippen molar-refractivity contribution >= 4 is 33.5 Å². The van der Waals surface area contributed by atoms with Crippen LogP contribution in [0, 0.1) is 0 Å². The number of sulfone groups is 1. The first-order chi connectivity index (χ1) is 11.4. The predicted octanol–water partition coefficient (Wildman–Crippen LogP) is 1.95. The van der Waals surface area contributed by atoms with Crippen molar-refractivity contribution in [3.8, 4) is 0 Å². The van der Waals surface area contributed by atoms with Gasteiger partial charge in [0.25, 0.3) is 5.91 Å². The summed E-state index contributed by atoms with van der Waals surface area (Å²) < 4.78 is 24.9. The Bertz CT molecular complexity index is 679. The number of aliphatic carboxylic acids is 1. The molecule has 0 radical (unpaired) electrons. The van der Waals surface area contributed by atoms with Crippen LogP contribution in [-0.2, 0) is 14.6 Å². The molecule has 1 saturated carbocycles. The summed E-state index contributed by atoms with van der Waals surface area (Å²) in [5.41, 5.74) is 0.392. The number of carboxylic acid groups (broad SMARTS) is 1. The number of hydrogen-bond donors (Lipinski definition) is 2. The van der Waals surface area contributed by atoms with Crippen LogP contribution in [0.2, 0.25) is 0 Å². The van der Waals surface area contributed by atoms with Crippen LogP contribution in [0.25, 0.3) is 0 Å². The van der Waals surface area contributed by atoms with Crippen molar-refractivity contribution in [3.63, 3.8) is 0 Å². The second kappa shape index (κ2) is 8.53. The summed E-state index contributed by atoms with van der Waals surface area (Å²) in [6, 6.07) is 6.01. The summed E-state index contributed by atoms with van der Waals surface area (Å²) >= 11 is 1.22. The van der Waals surface area contributed by atoms with Crippen LogP contribution < -0.4 is 5.32 Å². The first kappa shape index (κ1) is 18.8. The molecular weight excluding hydrogens is 350 g/mol. The highest BCUT2D eigenvalue weighted by atomic mass is 32.2. The van der Waals surface area contributed by atoms with Gasteiger partial charge in [-0.15, -0.1) is 11.8 Å². The minimum Gasteiger partial charge on any atom is -0.481 e. The number of amides is 1. The molecule has 1 fully saturated rings. The molecule has 0 unspecified atom stereocenters. The number of thioether (sulfide) groups is 1. The second-order valence-electron chi connectivity index (χ2n) is 5.68. The summed E-state index contributed by atoms with van der Waals surface area (Å²) in [4.78, 5) is 22.6. The Kier molecular flexibility index (Phi) is 6.68. The first-order valence-corrected chi connectivity index (χ1v) is 10.5. The molecule has 1 aliphatic rings. The van der Waals surface area contributed by atoms with E-state index < -0.39 is 15.8 Å². The predicted molar refractivity (Wildman–Crippen MR) is 93.2 cm³/mol. The van der Waals surface area contributed by atoms with Crippen LogP contribution in [-0.4, -0.2) is 48.7 Å². The van der Waals surface area contributed by atoms with Crippen molar-refractivity contribution < 1.29 is 23.1 Å². The van der Waals surface area contributed by atoms with Gasteiger partial charge in [0.15, 0.2) is 9.84 Å². The number of hydrogen-bond acceptors (Lipinski definition) is 5. The lowest BCUT2D eigenvalue weighted by atomic mass is 10.2. The molecule has 1 aromatic rings. The van der Waals surface area contributed by atoms with Crippen molar-refractivity contribution in [3.05, 3.63) is 29.8 Å². The molecule has 0 heterocycles. The van der Waals surface area contributed by atoms with Gasteiger partial charge in [-0.1, -0.05) is 12.8 Å². The van der Waals surface area contributed by atoms with Gasteiger partial charge in [-0.05, 0) is 37.1 Å². The number of carbonyl (C=O) groups excluding carboxylic acids is 1. The number of carboxylic acids is 1. The third-order valence-corrected chi connectivity index (χ3v) is 7.17. The summed E-state index contributed by atoms with van der Waals surface area (Å²) in [5.74, 6) is -0.670. The van der Waals surface area contributed by atoms with E-state index in [1.165, 1.54) is 36.0 Å². The molecule has 2 rings (SSSR count). The standard InChI is InChI=1S/C16H21NO5S2/c18-15(19)11-23-10-9-17-16(20)12-5-7-14(8-6-12)24(21,22)13-3-1-2-4-13/h5-8,13H,1-4,9-11H2,(H,17,20)(H,18,19). The Morgan fingerprint density at radius 1 is 1.17 bits per heavy atom. The molecule has 6 nitrogen and oxygen atoms in total. The smallest absolute Gasteiger partial charge is 0.313 e. The zero-order chi connectivity index (χ0) is 17.6. The Morgan fingerprint density at radius 2 is 1.79 bits per heavy atom. The lowest BCUT2D eigenvalue weighted by Gasteiger charge is -2.11. The molecule has 0 aromatic heterocycles. The highest BCUT2D eigenvalue weighted by Crippen LogP contribution is 2.29. The van der Waals surface area contributed by atoms with Crippen LogP contribution in [0.4, 0.5) is 0 Å². The van der Waals surface area contributed by atoms with E-state index in [0.29, 0.717) is 30.7 Å². The third-order valence-electron chi connectivity index (χ3n) is 3.94. The van der Waals surface area contributed by atoms with Gasteiger partial charge in [0, 0.05) is 17.9 Å². The van der Waals surface area contributed by atoms with E-state index >= 15 is 0 Å². The van der Waals surface area contributed by atoms with E-state index in [-0.39, 0.29) is 21.8 Å². The molecule has 0 spiro atoms. The minimum absolute atomic E-state index is 0.00357. The number of carbonyl (C=O) groups is 2. The fraction of sp³-hybridized carbons (Fsp3) is 0.500. The monoisotopic (exact) mass is 371 g/mol. The molecule has 0 atom stereocenters. The van der Waals surface area contributed by atoms with E-state index in [0.717, 1.165) is 12.8 Å². The molecule has 1 aromatic carbocycles.